The first-order valence-electron chi connectivity index (χ1n) is 5.37. The van der Waals surface area contributed by atoms with Crippen LogP contribution < -0.4 is 5.32 Å². The zero-order valence-corrected chi connectivity index (χ0v) is 14.2. The van der Waals surface area contributed by atoms with E-state index in [2.05, 4.69) is 27.9 Å². The van der Waals surface area contributed by atoms with Gasteiger partial charge in [0.15, 0.2) is 0 Å². The highest BCUT2D eigenvalue weighted by atomic mass is 127. The molecule has 0 heterocycles. The van der Waals surface area contributed by atoms with Crippen LogP contribution >= 0.6 is 57.4 Å². The summed E-state index contributed by atoms with van der Waals surface area (Å²) in [6.45, 7) is 1.94. The second-order valence-corrected chi connectivity index (χ2v) is 6.11. The van der Waals surface area contributed by atoms with Crippen LogP contribution in [-0.4, -0.2) is 23.2 Å². The fourth-order valence-corrected chi connectivity index (χ4v) is 2.91. The number of carbonyl (C=O) groups excluding carboxylic acids is 1. The Morgan fingerprint density at radius 2 is 2.00 bits per heavy atom. The molecule has 0 saturated heterocycles. The highest BCUT2D eigenvalue weighted by Crippen LogP contribution is 2.20. The van der Waals surface area contributed by atoms with Crippen molar-refractivity contribution in [2.75, 3.05) is 11.8 Å². The Kier molecular flexibility index (Phi) is 6.51. The van der Waals surface area contributed by atoms with Gasteiger partial charge in [0, 0.05) is 20.4 Å². The van der Waals surface area contributed by atoms with E-state index in [-0.39, 0.29) is 17.7 Å². The smallest absolute Gasteiger partial charge is 0.252 e. The number of hydrogen-bond acceptors (Lipinski definition) is 1. The number of benzene rings is 1. The number of alkyl halides is 2. The third-order valence-corrected chi connectivity index (χ3v) is 4.94. The third-order valence-electron chi connectivity index (χ3n) is 2.74. The number of nitrogens with one attached hydrogen (secondary N) is 1. The largest absolute Gasteiger partial charge is 0.344 e. The number of hydrogen-bond donors (Lipinski definition) is 1. The van der Waals surface area contributed by atoms with Crippen LogP contribution in [0.4, 0.5) is 0 Å². The number of amides is 1. The van der Waals surface area contributed by atoms with E-state index in [4.69, 9.17) is 34.8 Å². The standard InChI is InChI=1S/C12H13Cl3INO/c1-2-12(6-13,7-14)17-11(18)9-5-8(15)3-4-10(9)16/h3-5H,2,6-7H2,1H3,(H,17,18). The van der Waals surface area contributed by atoms with Crippen LogP contribution in [0.1, 0.15) is 23.7 Å². The topological polar surface area (TPSA) is 29.1 Å². The maximum atomic E-state index is 12.2. The van der Waals surface area contributed by atoms with Gasteiger partial charge in [-0.1, -0.05) is 18.5 Å². The molecule has 0 aliphatic carbocycles. The molecule has 0 unspecified atom stereocenters. The van der Waals surface area contributed by atoms with Crippen LogP contribution in [0.25, 0.3) is 0 Å². The van der Waals surface area contributed by atoms with Crippen LogP contribution in [0, 0.1) is 3.57 Å². The lowest BCUT2D eigenvalue weighted by molar-refractivity contribution is 0.0912. The van der Waals surface area contributed by atoms with Crippen LogP contribution in [0.15, 0.2) is 18.2 Å². The fraction of sp³-hybridized carbons (Fsp3) is 0.417. The molecule has 0 saturated carbocycles. The molecule has 0 fully saturated rings. The molecule has 18 heavy (non-hydrogen) atoms. The van der Waals surface area contributed by atoms with Gasteiger partial charge in [-0.3, -0.25) is 4.79 Å². The summed E-state index contributed by atoms with van der Waals surface area (Å²) in [5, 5.41) is 3.42. The molecule has 0 aliphatic heterocycles. The third kappa shape index (κ3) is 3.89. The van der Waals surface area contributed by atoms with Crippen molar-refractivity contribution in [2.24, 2.45) is 0 Å². The summed E-state index contributed by atoms with van der Waals surface area (Å²) in [5.41, 5.74) is -0.0397. The van der Waals surface area contributed by atoms with Gasteiger partial charge < -0.3 is 5.32 Å². The van der Waals surface area contributed by atoms with Crippen molar-refractivity contribution in [3.8, 4) is 0 Å². The molecule has 6 heteroatoms. The highest BCUT2D eigenvalue weighted by Gasteiger charge is 2.29. The van der Waals surface area contributed by atoms with E-state index in [0.717, 1.165) is 3.57 Å². The van der Waals surface area contributed by atoms with Crippen molar-refractivity contribution < 1.29 is 4.79 Å². The highest BCUT2D eigenvalue weighted by molar-refractivity contribution is 14.1. The van der Waals surface area contributed by atoms with E-state index in [0.29, 0.717) is 17.0 Å². The van der Waals surface area contributed by atoms with Gasteiger partial charge in [-0.05, 0) is 47.2 Å². The molecule has 0 bridgehead atoms. The Labute approximate surface area is 136 Å². The minimum atomic E-state index is -0.578. The first kappa shape index (κ1) is 16.3. The van der Waals surface area contributed by atoms with Crippen molar-refractivity contribution >= 4 is 63.3 Å². The van der Waals surface area contributed by atoms with E-state index >= 15 is 0 Å². The second-order valence-electron chi connectivity index (χ2n) is 3.98. The summed E-state index contributed by atoms with van der Waals surface area (Å²) in [6, 6.07) is 5.19. The fourth-order valence-electron chi connectivity index (χ4n) is 1.36. The molecule has 1 rings (SSSR count). The second kappa shape index (κ2) is 7.17. The lowest BCUT2D eigenvalue weighted by Crippen LogP contribution is -2.51. The van der Waals surface area contributed by atoms with Crippen molar-refractivity contribution in [3.63, 3.8) is 0 Å². The molecule has 1 amide bonds. The number of carbonyl (C=O) groups is 1. The van der Waals surface area contributed by atoms with Gasteiger partial charge in [-0.2, -0.15) is 0 Å². The summed E-state index contributed by atoms with van der Waals surface area (Å²) in [5.74, 6) is 0.344. The average Bonchev–Trinajstić information content (AvgIpc) is 2.38. The van der Waals surface area contributed by atoms with E-state index in [1.807, 2.05) is 6.92 Å². The van der Waals surface area contributed by atoms with Gasteiger partial charge in [0.05, 0.1) is 11.1 Å². The first-order chi connectivity index (χ1) is 8.48. The number of halogens is 4. The first-order valence-corrected chi connectivity index (χ1v) is 7.90. The van der Waals surface area contributed by atoms with Crippen molar-refractivity contribution in [1.82, 2.24) is 5.32 Å². The lowest BCUT2D eigenvalue weighted by Gasteiger charge is -2.29. The van der Waals surface area contributed by atoms with E-state index in [1.165, 1.54) is 0 Å². The molecular weight excluding hydrogens is 407 g/mol. The quantitative estimate of drug-likeness (QED) is 0.559. The van der Waals surface area contributed by atoms with Crippen molar-refractivity contribution in [3.05, 3.63) is 32.4 Å². The average molecular weight is 421 g/mol. The Morgan fingerprint density at radius 3 is 2.50 bits per heavy atom. The van der Waals surface area contributed by atoms with Gasteiger partial charge in [-0.25, -0.2) is 0 Å². The Morgan fingerprint density at radius 1 is 1.39 bits per heavy atom. The van der Waals surface area contributed by atoms with Crippen LogP contribution in [0.2, 0.25) is 5.02 Å². The minimum absolute atomic E-state index is 0.204. The zero-order chi connectivity index (χ0) is 13.8. The summed E-state index contributed by atoms with van der Waals surface area (Å²) in [6.07, 6.45) is 0.670. The molecule has 100 valence electrons. The Balaban J connectivity index is 2.97. The molecule has 0 atom stereocenters. The predicted molar refractivity (Wildman–Crippen MR) is 86.1 cm³/mol. The molecule has 0 aromatic heterocycles. The monoisotopic (exact) mass is 419 g/mol. The SMILES string of the molecule is CCC(CCl)(CCl)NC(=O)c1cc(Cl)ccc1I. The van der Waals surface area contributed by atoms with Gasteiger partial charge in [0.2, 0.25) is 0 Å². The Bertz CT molecular complexity index is 427. The molecule has 1 aromatic rings. The molecular formula is C12H13Cl3INO. The van der Waals surface area contributed by atoms with Gasteiger partial charge in [0.25, 0.3) is 5.91 Å². The van der Waals surface area contributed by atoms with Gasteiger partial charge in [-0.15, -0.1) is 23.2 Å². The summed E-state index contributed by atoms with van der Waals surface area (Å²) in [4.78, 5) is 12.2. The minimum Gasteiger partial charge on any atom is -0.344 e. The van der Waals surface area contributed by atoms with Crippen LogP contribution in [0.5, 0.6) is 0 Å². The molecule has 1 N–H and O–H groups in total. The van der Waals surface area contributed by atoms with Gasteiger partial charge in [0.1, 0.15) is 0 Å². The van der Waals surface area contributed by atoms with E-state index in [1.54, 1.807) is 18.2 Å². The summed E-state index contributed by atoms with van der Waals surface area (Å²) in [7, 11) is 0. The molecule has 0 aliphatic rings. The summed E-state index contributed by atoms with van der Waals surface area (Å²) < 4.78 is 0.837. The lowest BCUT2D eigenvalue weighted by atomic mass is 10.0. The zero-order valence-electron chi connectivity index (χ0n) is 9.77. The normalized spacial score (nSPS) is 11.4. The van der Waals surface area contributed by atoms with Crippen molar-refractivity contribution in [1.29, 1.82) is 0 Å². The van der Waals surface area contributed by atoms with Crippen LogP contribution in [-0.2, 0) is 0 Å². The summed E-state index contributed by atoms with van der Waals surface area (Å²) >= 11 is 19.8. The van der Waals surface area contributed by atoms with Gasteiger partial charge >= 0.3 is 0 Å². The van der Waals surface area contributed by atoms with E-state index < -0.39 is 5.54 Å². The van der Waals surface area contributed by atoms with E-state index in [9.17, 15) is 4.79 Å². The predicted octanol–water partition coefficient (Wildman–Crippen LogP) is 4.30. The maximum Gasteiger partial charge on any atom is 0.252 e. The van der Waals surface area contributed by atoms with Crippen LogP contribution in [0.3, 0.4) is 0 Å². The van der Waals surface area contributed by atoms with Crippen molar-refractivity contribution in [2.45, 2.75) is 18.9 Å². The molecule has 0 radical (unpaired) electrons. The molecule has 0 spiro atoms. The number of rotatable bonds is 5. The Hall–Kier alpha value is 0.290. The molecule has 2 nitrogen and oxygen atoms in total. The molecule has 1 aromatic carbocycles. The maximum absolute atomic E-state index is 12.2.